The Kier molecular flexibility index (Phi) is 7.07. The molecule has 2 N–H and O–H groups in total. The Morgan fingerprint density at radius 2 is 2.00 bits per heavy atom. The molecule has 3 heterocycles. The SMILES string of the molecule is CN1CCC(CCn2cc(CNc3ccc4c(N(C(=O)O)C(C)(C)C)nccc4c3)cn2)CC1. The minimum absolute atomic E-state index is 0.454. The second-order valence-corrected chi connectivity index (χ2v) is 10.4. The molecule has 2 aromatic heterocycles. The van der Waals surface area contributed by atoms with Crippen LogP contribution in [0.2, 0.25) is 0 Å². The van der Waals surface area contributed by atoms with Gasteiger partial charge in [-0.15, -0.1) is 0 Å². The van der Waals surface area contributed by atoms with Crippen molar-refractivity contribution in [1.29, 1.82) is 0 Å². The van der Waals surface area contributed by atoms with Crippen molar-refractivity contribution < 1.29 is 9.90 Å². The molecule has 0 radical (unpaired) electrons. The van der Waals surface area contributed by atoms with Gasteiger partial charge in [0.2, 0.25) is 0 Å². The number of anilines is 2. The molecule has 4 rings (SSSR count). The summed E-state index contributed by atoms with van der Waals surface area (Å²) in [5.41, 5.74) is 1.52. The lowest BCUT2D eigenvalue weighted by Gasteiger charge is -2.32. The molecule has 8 heteroatoms. The van der Waals surface area contributed by atoms with Gasteiger partial charge in [0.05, 0.1) is 6.20 Å². The Balaban J connectivity index is 1.39. The number of fused-ring (bicyclic) bond motifs is 1. The van der Waals surface area contributed by atoms with Gasteiger partial charge in [-0.25, -0.2) is 9.78 Å². The van der Waals surface area contributed by atoms with E-state index in [2.05, 4.69) is 38.2 Å². The van der Waals surface area contributed by atoms with E-state index in [1.807, 2.05) is 51.2 Å². The van der Waals surface area contributed by atoms with Crippen molar-refractivity contribution in [3.05, 3.63) is 48.4 Å². The highest BCUT2D eigenvalue weighted by atomic mass is 16.4. The number of carbonyl (C=O) groups is 1. The fourth-order valence-electron chi connectivity index (χ4n) is 4.64. The summed E-state index contributed by atoms with van der Waals surface area (Å²) < 4.78 is 2.06. The summed E-state index contributed by atoms with van der Waals surface area (Å²) >= 11 is 0. The minimum Gasteiger partial charge on any atom is -0.465 e. The van der Waals surface area contributed by atoms with E-state index in [0.717, 1.165) is 34.5 Å². The molecule has 0 unspecified atom stereocenters. The number of nitrogens with one attached hydrogen (secondary N) is 1. The van der Waals surface area contributed by atoms with Crippen LogP contribution >= 0.6 is 0 Å². The summed E-state index contributed by atoms with van der Waals surface area (Å²) in [5.74, 6) is 1.25. The Morgan fingerprint density at radius 1 is 1.24 bits per heavy atom. The van der Waals surface area contributed by atoms with Crippen LogP contribution in [0.3, 0.4) is 0 Å². The molecule has 8 nitrogen and oxygen atoms in total. The molecule has 0 atom stereocenters. The highest BCUT2D eigenvalue weighted by Crippen LogP contribution is 2.31. The molecule has 1 fully saturated rings. The number of rotatable bonds is 7. The van der Waals surface area contributed by atoms with Crippen LogP contribution in [0.15, 0.2) is 42.9 Å². The lowest BCUT2D eigenvalue weighted by Crippen LogP contribution is -2.45. The molecule has 0 aliphatic carbocycles. The van der Waals surface area contributed by atoms with Crippen LogP contribution in [0, 0.1) is 5.92 Å². The smallest absolute Gasteiger partial charge is 0.413 e. The van der Waals surface area contributed by atoms with Gasteiger partial charge in [-0.1, -0.05) is 0 Å². The first kappa shape index (κ1) is 24.0. The first-order valence-corrected chi connectivity index (χ1v) is 12.1. The fourth-order valence-corrected chi connectivity index (χ4v) is 4.64. The Morgan fingerprint density at radius 3 is 2.71 bits per heavy atom. The van der Waals surface area contributed by atoms with Crippen LogP contribution in [-0.4, -0.2) is 56.5 Å². The highest BCUT2D eigenvalue weighted by molar-refractivity contribution is 6.00. The number of aryl methyl sites for hydroxylation is 1. The Labute approximate surface area is 201 Å². The van der Waals surface area contributed by atoms with Crippen LogP contribution < -0.4 is 10.2 Å². The number of hydrogen-bond acceptors (Lipinski definition) is 5. The van der Waals surface area contributed by atoms with Crippen LogP contribution in [-0.2, 0) is 13.1 Å². The number of amides is 1. The van der Waals surface area contributed by atoms with Crippen LogP contribution in [0.5, 0.6) is 0 Å². The maximum Gasteiger partial charge on any atom is 0.413 e. The molecule has 1 aromatic carbocycles. The van der Waals surface area contributed by atoms with Crippen molar-refractivity contribution in [3.63, 3.8) is 0 Å². The molecule has 1 amide bonds. The molecule has 182 valence electrons. The van der Waals surface area contributed by atoms with Crippen LogP contribution in [0.25, 0.3) is 10.8 Å². The van der Waals surface area contributed by atoms with Gasteiger partial charge < -0.3 is 15.3 Å². The fraction of sp³-hybridized carbons (Fsp3) is 0.500. The number of likely N-dealkylation sites (tertiary alicyclic amines) is 1. The minimum atomic E-state index is -1.01. The third-order valence-corrected chi connectivity index (χ3v) is 6.61. The third kappa shape index (κ3) is 5.67. The zero-order valence-corrected chi connectivity index (χ0v) is 20.7. The first-order valence-electron chi connectivity index (χ1n) is 12.1. The standard InChI is InChI=1S/C26H36N6O2/c1-26(2,3)32(25(33)34)24-23-6-5-22(15-21(23)7-11-27-24)28-16-20-17-29-31(18-20)14-10-19-8-12-30(4)13-9-19/h5-7,11,15,17-19,28H,8-10,12-14,16H2,1-4H3,(H,33,34). The van der Waals surface area contributed by atoms with Gasteiger partial charge in [0.25, 0.3) is 0 Å². The van der Waals surface area contributed by atoms with E-state index >= 15 is 0 Å². The second-order valence-electron chi connectivity index (χ2n) is 10.4. The molecular formula is C26H36N6O2. The Bertz CT molecular complexity index is 1130. The van der Waals surface area contributed by atoms with E-state index in [1.165, 1.54) is 37.3 Å². The van der Waals surface area contributed by atoms with Crippen LogP contribution in [0.1, 0.15) is 45.6 Å². The predicted molar refractivity (Wildman–Crippen MR) is 136 cm³/mol. The molecule has 0 bridgehead atoms. The van der Waals surface area contributed by atoms with Crippen molar-refractivity contribution in [2.75, 3.05) is 30.4 Å². The number of pyridine rings is 1. The summed E-state index contributed by atoms with van der Waals surface area (Å²) in [6.07, 6.45) is 8.46. The van der Waals surface area contributed by atoms with E-state index in [-0.39, 0.29) is 0 Å². The summed E-state index contributed by atoms with van der Waals surface area (Å²) in [6, 6.07) is 7.86. The highest BCUT2D eigenvalue weighted by Gasteiger charge is 2.30. The quantitative estimate of drug-likeness (QED) is 0.508. The summed E-state index contributed by atoms with van der Waals surface area (Å²) in [5, 5.41) is 19.5. The third-order valence-electron chi connectivity index (χ3n) is 6.61. The number of aromatic nitrogens is 3. The van der Waals surface area contributed by atoms with E-state index in [9.17, 15) is 9.90 Å². The lowest BCUT2D eigenvalue weighted by atomic mass is 9.94. The summed E-state index contributed by atoms with van der Waals surface area (Å²) in [6.45, 7) is 9.65. The molecule has 1 aliphatic heterocycles. The molecule has 34 heavy (non-hydrogen) atoms. The normalized spacial score (nSPS) is 15.5. The van der Waals surface area contributed by atoms with E-state index in [1.54, 1.807) is 6.20 Å². The van der Waals surface area contributed by atoms with Gasteiger partial charge in [-0.05, 0) is 95.7 Å². The van der Waals surface area contributed by atoms with Crippen molar-refractivity contribution in [1.82, 2.24) is 19.7 Å². The van der Waals surface area contributed by atoms with E-state index < -0.39 is 11.6 Å². The number of hydrogen-bond donors (Lipinski definition) is 2. The van der Waals surface area contributed by atoms with Crippen molar-refractivity contribution in [2.24, 2.45) is 5.92 Å². The van der Waals surface area contributed by atoms with Crippen molar-refractivity contribution in [3.8, 4) is 0 Å². The molecule has 3 aromatic rings. The molecule has 1 saturated heterocycles. The van der Waals surface area contributed by atoms with Gasteiger partial charge in [-0.2, -0.15) is 5.10 Å². The zero-order chi connectivity index (χ0) is 24.3. The van der Waals surface area contributed by atoms with Crippen molar-refractivity contribution in [2.45, 2.75) is 58.7 Å². The maximum atomic E-state index is 11.9. The average molecular weight is 465 g/mol. The van der Waals surface area contributed by atoms with Gasteiger partial charge >= 0.3 is 6.09 Å². The largest absolute Gasteiger partial charge is 0.465 e. The number of benzene rings is 1. The maximum absolute atomic E-state index is 11.9. The first-order chi connectivity index (χ1) is 16.2. The van der Waals surface area contributed by atoms with Gasteiger partial charge in [-0.3, -0.25) is 9.58 Å². The van der Waals surface area contributed by atoms with E-state index in [0.29, 0.717) is 12.4 Å². The molecule has 0 saturated carbocycles. The number of nitrogens with zero attached hydrogens (tertiary/aromatic N) is 5. The number of piperidine rings is 1. The molecule has 1 aliphatic rings. The predicted octanol–water partition coefficient (Wildman–Crippen LogP) is 5.06. The van der Waals surface area contributed by atoms with Gasteiger partial charge in [0.1, 0.15) is 5.82 Å². The van der Waals surface area contributed by atoms with Crippen LogP contribution in [0.4, 0.5) is 16.3 Å². The second kappa shape index (κ2) is 10.0. The Hall–Kier alpha value is -3.13. The topological polar surface area (TPSA) is 86.5 Å². The van der Waals surface area contributed by atoms with Crippen molar-refractivity contribution >= 4 is 28.4 Å². The average Bonchev–Trinajstić information content (AvgIpc) is 3.24. The molecular weight excluding hydrogens is 428 g/mol. The monoisotopic (exact) mass is 464 g/mol. The van der Waals surface area contributed by atoms with Gasteiger partial charge in [0.15, 0.2) is 0 Å². The number of carboxylic acid groups (broad SMARTS) is 1. The summed E-state index contributed by atoms with van der Waals surface area (Å²) in [4.78, 5) is 20.0. The summed E-state index contributed by atoms with van der Waals surface area (Å²) in [7, 11) is 2.20. The molecule has 0 spiro atoms. The van der Waals surface area contributed by atoms with Gasteiger partial charge in [0, 0.05) is 47.7 Å². The zero-order valence-electron chi connectivity index (χ0n) is 20.7. The lowest BCUT2D eigenvalue weighted by molar-refractivity contribution is 0.195. The van der Waals surface area contributed by atoms with E-state index in [4.69, 9.17) is 0 Å².